The number of fused-ring (bicyclic) bond motifs is 2. The second kappa shape index (κ2) is 7.27. The van der Waals surface area contributed by atoms with Crippen molar-refractivity contribution in [1.29, 1.82) is 0 Å². The third-order valence-electron chi connectivity index (χ3n) is 5.29. The van der Waals surface area contributed by atoms with Crippen molar-refractivity contribution < 1.29 is 17.6 Å². The Morgan fingerprint density at radius 3 is 2.76 bits per heavy atom. The highest BCUT2D eigenvalue weighted by atomic mass is 32.2. The number of rotatable bonds is 4. The molecule has 6 nitrogen and oxygen atoms in total. The Hall–Kier alpha value is -2.71. The average molecular weight is 415 g/mol. The summed E-state index contributed by atoms with van der Waals surface area (Å²) in [6.45, 7) is 2.30. The lowest BCUT2D eigenvalue weighted by Crippen LogP contribution is -2.34. The summed E-state index contributed by atoms with van der Waals surface area (Å²) in [6.07, 6.45) is 1.54. The minimum atomic E-state index is -3.72. The van der Waals surface area contributed by atoms with Gasteiger partial charge in [0.1, 0.15) is 5.82 Å². The van der Waals surface area contributed by atoms with E-state index in [9.17, 15) is 17.6 Å². The van der Waals surface area contributed by atoms with Gasteiger partial charge in [-0.05, 0) is 60.9 Å². The molecule has 0 radical (unpaired) electrons. The fourth-order valence-corrected chi connectivity index (χ4v) is 5.01. The van der Waals surface area contributed by atoms with Crippen LogP contribution in [-0.2, 0) is 27.8 Å². The number of hydrogen-bond donors (Lipinski definition) is 1. The van der Waals surface area contributed by atoms with E-state index in [0.29, 0.717) is 17.6 Å². The highest BCUT2D eigenvalue weighted by Crippen LogP contribution is 2.30. The highest BCUT2D eigenvalue weighted by Gasteiger charge is 2.26. The summed E-state index contributed by atoms with van der Waals surface area (Å²) in [5.41, 5.74) is 3.08. The van der Waals surface area contributed by atoms with E-state index in [1.807, 2.05) is 0 Å². The number of halogens is 1. The van der Waals surface area contributed by atoms with Gasteiger partial charge in [-0.2, -0.15) is 4.31 Å². The number of H-pyrrole nitrogens is 1. The maximum absolute atomic E-state index is 13.4. The maximum Gasteiger partial charge on any atom is 0.243 e. The SMILES string of the molecule is CC(=O)N1CCCc2cc(S(=O)(=O)N(C)Cc3cc4cc(F)ccc4[nH]3)ccc21. The molecule has 0 atom stereocenters. The van der Waals surface area contributed by atoms with Crippen LogP contribution >= 0.6 is 0 Å². The molecular formula is C21H22FN3O3S. The minimum Gasteiger partial charge on any atom is -0.357 e. The Labute approximate surface area is 169 Å². The molecule has 4 rings (SSSR count). The summed E-state index contributed by atoms with van der Waals surface area (Å²) >= 11 is 0. The van der Waals surface area contributed by atoms with Crippen molar-refractivity contribution >= 4 is 32.5 Å². The zero-order valence-electron chi connectivity index (χ0n) is 16.3. The number of anilines is 1. The predicted molar refractivity (Wildman–Crippen MR) is 110 cm³/mol. The molecule has 0 aliphatic carbocycles. The number of amides is 1. The molecule has 1 amide bonds. The first-order valence-corrected chi connectivity index (χ1v) is 10.8. The van der Waals surface area contributed by atoms with E-state index in [2.05, 4.69) is 4.98 Å². The van der Waals surface area contributed by atoms with Crippen LogP contribution in [0.2, 0.25) is 0 Å². The quantitative estimate of drug-likeness (QED) is 0.710. The number of nitrogens with one attached hydrogen (secondary N) is 1. The summed E-state index contributed by atoms with van der Waals surface area (Å²) in [6, 6.07) is 11.1. The molecule has 0 spiro atoms. The summed E-state index contributed by atoms with van der Waals surface area (Å²) in [5.74, 6) is -0.383. The number of aryl methyl sites for hydroxylation is 1. The zero-order valence-corrected chi connectivity index (χ0v) is 17.1. The molecule has 0 bridgehead atoms. The molecule has 0 unspecified atom stereocenters. The molecule has 0 fully saturated rings. The van der Waals surface area contributed by atoms with Gasteiger partial charge >= 0.3 is 0 Å². The van der Waals surface area contributed by atoms with E-state index in [4.69, 9.17) is 0 Å². The van der Waals surface area contributed by atoms with Crippen molar-refractivity contribution in [1.82, 2.24) is 9.29 Å². The zero-order chi connectivity index (χ0) is 20.8. The van der Waals surface area contributed by atoms with Gasteiger partial charge in [-0.3, -0.25) is 4.79 Å². The maximum atomic E-state index is 13.4. The second-order valence-electron chi connectivity index (χ2n) is 7.35. The molecule has 2 heterocycles. The van der Waals surface area contributed by atoms with Gasteiger partial charge in [-0.1, -0.05) is 0 Å². The van der Waals surface area contributed by atoms with Crippen molar-refractivity contribution in [2.24, 2.45) is 0 Å². The van der Waals surface area contributed by atoms with Crippen LogP contribution in [0.1, 0.15) is 24.6 Å². The third-order valence-corrected chi connectivity index (χ3v) is 7.09. The smallest absolute Gasteiger partial charge is 0.243 e. The molecule has 1 aliphatic rings. The van der Waals surface area contributed by atoms with Crippen molar-refractivity contribution in [3.8, 4) is 0 Å². The topological polar surface area (TPSA) is 73.5 Å². The van der Waals surface area contributed by atoms with E-state index in [-0.39, 0.29) is 23.2 Å². The number of carbonyl (C=O) groups is 1. The van der Waals surface area contributed by atoms with E-state index in [1.54, 1.807) is 35.2 Å². The fourth-order valence-electron chi connectivity index (χ4n) is 3.81. The summed E-state index contributed by atoms with van der Waals surface area (Å²) in [5, 5.41) is 0.698. The number of aromatic amines is 1. The van der Waals surface area contributed by atoms with Crippen LogP contribution in [0.25, 0.3) is 10.9 Å². The summed E-state index contributed by atoms with van der Waals surface area (Å²) < 4.78 is 40.8. The van der Waals surface area contributed by atoms with Crippen LogP contribution in [0.5, 0.6) is 0 Å². The normalized spacial score (nSPS) is 14.4. The van der Waals surface area contributed by atoms with Crippen LogP contribution in [0.3, 0.4) is 0 Å². The Morgan fingerprint density at radius 1 is 1.21 bits per heavy atom. The van der Waals surface area contributed by atoms with Crippen LogP contribution in [0.15, 0.2) is 47.4 Å². The van der Waals surface area contributed by atoms with Crippen molar-refractivity contribution in [2.75, 3.05) is 18.5 Å². The van der Waals surface area contributed by atoms with Crippen molar-refractivity contribution in [3.05, 3.63) is 59.5 Å². The number of aromatic nitrogens is 1. The van der Waals surface area contributed by atoms with E-state index in [0.717, 1.165) is 29.6 Å². The van der Waals surface area contributed by atoms with E-state index in [1.165, 1.54) is 30.4 Å². The van der Waals surface area contributed by atoms with Gasteiger partial charge in [0.15, 0.2) is 0 Å². The van der Waals surface area contributed by atoms with Crippen molar-refractivity contribution in [3.63, 3.8) is 0 Å². The Balaban J connectivity index is 1.61. The first-order valence-electron chi connectivity index (χ1n) is 9.40. The number of nitrogens with zero attached hydrogens (tertiary/aromatic N) is 2. The van der Waals surface area contributed by atoms with Crippen LogP contribution in [-0.4, -0.2) is 37.2 Å². The second-order valence-corrected chi connectivity index (χ2v) is 9.40. The molecule has 3 aromatic rings. The Morgan fingerprint density at radius 2 is 2.00 bits per heavy atom. The molecule has 2 aromatic carbocycles. The van der Waals surface area contributed by atoms with Gasteiger partial charge in [0.25, 0.3) is 0 Å². The van der Waals surface area contributed by atoms with Crippen LogP contribution in [0.4, 0.5) is 10.1 Å². The number of sulfonamides is 1. The third kappa shape index (κ3) is 3.65. The van der Waals surface area contributed by atoms with Crippen LogP contribution in [0, 0.1) is 5.82 Å². The van der Waals surface area contributed by atoms with E-state index >= 15 is 0 Å². The monoisotopic (exact) mass is 415 g/mol. The molecule has 152 valence electrons. The molecular weight excluding hydrogens is 393 g/mol. The van der Waals surface area contributed by atoms with Crippen molar-refractivity contribution in [2.45, 2.75) is 31.2 Å². The van der Waals surface area contributed by atoms with Gasteiger partial charge in [0.2, 0.25) is 15.9 Å². The molecule has 0 saturated carbocycles. The minimum absolute atomic E-state index is 0.0473. The lowest BCUT2D eigenvalue weighted by molar-refractivity contribution is -0.116. The van der Waals surface area contributed by atoms with Gasteiger partial charge < -0.3 is 9.88 Å². The lowest BCUT2D eigenvalue weighted by Gasteiger charge is -2.29. The fraction of sp³-hybridized carbons (Fsp3) is 0.286. The Kier molecular flexibility index (Phi) is 4.92. The average Bonchev–Trinajstić information content (AvgIpc) is 3.08. The summed E-state index contributed by atoms with van der Waals surface area (Å²) in [7, 11) is -2.20. The van der Waals surface area contributed by atoms with Gasteiger partial charge in [0, 0.05) is 42.8 Å². The largest absolute Gasteiger partial charge is 0.357 e. The molecule has 1 aliphatic heterocycles. The molecule has 0 saturated heterocycles. The summed E-state index contributed by atoms with van der Waals surface area (Å²) in [4.78, 5) is 16.8. The van der Waals surface area contributed by atoms with Gasteiger partial charge in [-0.25, -0.2) is 12.8 Å². The number of hydrogen-bond acceptors (Lipinski definition) is 3. The van der Waals surface area contributed by atoms with E-state index < -0.39 is 10.0 Å². The number of carbonyl (C=O) groups excluding carboxylic acids is 1. The molecule has 29 heavy (non-hydrogen) atoms. The lowest BCUT2D eigenvalue weighted by atomic mass is 10.0. The molecule has 8 heteroatoms. The van der Waals surface area contributed by atoms with Gasteiger partial charge in [-0.15, -0.1) is 0 Å². The number of benzene rings is 2. The highest BCUT2D eigenvalue weighted by molar-refractivity contribution is 7.89. The molecule has 1 N–H and O–H groups in total. The standard InChI is InChI=1S/C21H22FN3O3S/c1-14(26)25-9-3-4-15-12-19(6-8-21(15)25)29(27,28)24(2)13-18-11-16-10-17(22)5-7-20(16)23-18/h5-8,10-12,23H,3-4,9,13H2,1-2H3. The predicted octanol–water partition coefficient (Wildman–Crippen LogP) is 3.43. The Bertz CT molecular complexity index is 1200. The van der Waals surface area contributed by atoms with Gasteiger partial charge in [0.05, 0.1) is 11.4 Å². The first-order chi connectivity index (χ1) is 13.8. The molecule has 1 aromatic heterocycles. The first kappa shape index (κ1) is 19.6. The van der Waals surface area contributed by atoms with Crippen LogP contribution < -0.4 is 4.90 Å².